The zero-order valence-electron chi connectivity index (χ0n) is 16.9. The van der Waals surface area contributed by atoms with Crippen LogP contribution < -0.4 is 5.43 Å². The highest BCUT2D eigenvalue weighted by molar-refractivity contribution is 14.1. The zero-order valence-corrected chi connectivity index (χ0v) is 19.1. The fourth-order valence-electron chi connectivity index (χ4n) is 3.22. The predicted molar refractivity (Wildman–Crippen MR) is 123 cm³/mol. The van der Waals surface area contributed by atoms with Crippen LogP contribution in [0.5, 0.6) is 0 Å². The first kappa shape index (κ1) is 21.9. The summed E-state index contributed by atoms with van der Waals surface area (Å²) < 4.78 is 13.2. The molecule has 0 unspecified atom stereocenters. The van der Waals surface area contributed by atoms with Gasteiger partial charge in [0.2, 0.25) is 0 Å². The highest BCUT2D eigenvalue weighted by Crippen LogP contribution is 2.28. The monoisotopic (exact) mass is 521 g/mol. The predicted octanol–water partition coefficient (Wildman–Crippen LogP) is 4.91. The quantitative estimate of drug-likeness (QED) is 0.370. The van der Waals surface area contributed by atoms with Crippen LogP contribution in [0.25, 0.3) is 10.9 Å². The SMILES string of the molecule is CCOC(=O)NN(Cc1cn(Cc2ccccc2)c2cccc(I)c12)C(=O)OCC. The van der Waals surface area contributed by atoms with Gasteiger partial charge in [0.15, 0.2) is 0 Å². The zero-order chi connectivity index (χ0) is 21.5. The number of aromatic nitrogens is 1. The Morgan fingerprint density at radius 2 is 1.77 bits per heavy atom. The fourth-order valence-corrected chi connectivity index (χ4v) is 4.05. The molecule has 0 saturated carbocycles. The molecule has 0 saturated heterocycles. The van der Waals surface area contributed by atoms with Crippen LogP contribution in [0.15, 0.2) is 54.7 Å². The number of hydrogen-bond donors (Lipinski definition) is 1. The molecular weight excluding hydrogens is 497 g/mol. The van der Waals surface area contributed by atoms with E-state index in [-0.39, 0.29) is 19.8 Å². The maximum absolute atomic E-state index is 12.4. The molecule has 2 aromatic carbocycles. The lowest BCUT2D eigenvalue weighted by molar-refractivity contribution is 0.0713. The molecule has 8 heteroatoms. The van der Waals surface area contributed by atoms with Crippen molar-refractivity contribution in [3.63, 3.8) is 0 Å². The first-order valence-corrected chi connectivity index (χ1v) is 10.8. The highest BCUT2D eigenvalue weighted by atomic mass is 127. The van der Waals surface area contributed by atoms with Crippen molar-refractivity contribution in [3.8, 4) is 0 Å². The van der Waals surface area contributed by atoms with Gasteiger partial charge in [-0.2, -0.15) is 0 Å². The maximum Gasteiger partial charge on any atom is 0.429 e. The smallest absolute Gasteiger partial charge is 0.429 e. The van der Waals surface area contributed by atoms with Gasteiger partial charge in [-0.3, -0.25) is 0 Å². The summed E-state index contributed by atoms with van der Waals surface area (Å²) in [6, 6.07) is 16.2. The second-order valence-electron chi connectivity index (χ2n) is 6.52. The Bertz CT molecular complexity index is 1020. The number of hydrazine groups is 1. The van der Waals surface area contributed by atoms with E-state index in [1.807, 2.05) is 36.5 Å². The number of nitrogens with one attached hydrogen (secondary N) is 1. The van der Waals surface area contributed by atoms with Crippen molar-refractivity contribution in [1.29, 1.82) is 0 Å². The number of carbonyl (C=O) groups excluding carboxylic acids is 2. The summed E-state index contributed by atoms with van der Waals surface area (Å²) >= 11 is 2.29. The third kappa shape index (κ3) is 5.24. The number of nitrogens with zero attached hydrogens (tertiary/aromatic N) is 2. The van der Waals surface area contributed by atoms with Crippen molar-refractivity contribution in [2.45, 2.75) is 26.9 Å². The Hall–Kier alpha value is -2.75. The van der Waals surface area contributed by atoms with Crippen LogP contribution in [0.4, 0.5) is 9.59 Å². The molecule has 158 valence electrons. The molecule has 3 rings (SSSR count). The molecule has 0 aliphatic carbocycles. The molecule has 0 atom stereocenters. The summed E-state index contributed by atoms with van der Waals surface area (Å²) in [6.07, 6.45) is 0.674. The van der Waals surface area contributed by atoms with Gasteiger partial charge in [0, 0.05) is 32.8 Å². The molecule has 3 aromatic rings. The number of fused-ring (bicyclic) bond motifs is 1. The molecule has 1 heterocycles. The van der Waals surface area contributed by atoms with Gasteiger partial charge in [-0.25, -0.2) is 20.0 Å². The highest BCUT2D eigenvalue weighted by Gasteiger charge is 2.22. The Labute approximate surface area is 189 Å². The molecule has 0 fully saturated rings. The van der Waals surface area contributed by atoms with E-state index in [4.69, 9.17) is 9.47 Å². The van der Waals surface area contributed by atoms with Crippen LogP contribution in [0.1, 0.15) is 25.0 Å². The number of ether oxygens (including phenoxy) is 2. The molecule has 1 N–H and O–H groups in total. The molecule has 0 aliphatic heterocycles. The molecule has 30 heavy (non-hydrogen) atoms. The van der Waals surface area contributed by atoms with Crippen LogP contribution >= 0.6 is 22.6 Å². The summed E-state index contributed by atoms with van der Waals surface area (Å²) in [6.45, 7) is 4.67. The molecule has 0 radical (unpaired) electrons. The van der Waals surface area contributed by atoms with Gasteiger partial charge >= 0.3 is 12.2 Å². The van der Waals surface area contributed by atoms with Gasteiger partial charge < -0.3 is 14.0 Å². The second kappa shape index (κ2) is 10.3. The minimum Gasteiger partial charge on any atom is -0.449 e. The Morgan fingerprint density at radius 3 is 2.47 bits per heavy atom. The molecule has 2 amide bonds. The van der Waals surface area contributed by atoms with Crippen molar-refractivity contribution in [1.82, 2.24) is 15.0 Å². The average Bonchev–Trinajstić information content (AvgIpc) is 3.07. The minimum atomic E-state index is -0.701. The largest absolute Gasteiger partial charge is 0.449 e. The second-order valence-corrected chi connectivity index (χ2v) is 7.68. The van der Waals surface area contributed by atoms with Crippen LogP contribution in [0.3, 0.4) is 0 Å². The lowest BCUT2D eigenvalue weighted by atomic mass is 10.2. The van der Waals surface area contributed by atoms with E-state index < -0.39 is 12.2 Å². The molecule has 0 spiro atoms. The third-order valence-electron chi connectivity index (χ3n) is 4.45. The number of benzene rings is 2. The van der Waals surface area contributed by atoms with E-state index in [1.54, 1.807) is 13.8 Å². The molecule has 0 aliphatic rings. The van der Waals surface area contributed by atoms with Crippen molar-refractivity contribution in [3.05, 3.63) is 69.4 Å². The Balaban J connectivity index is 1.96. The van der Waals surface area contributed by atoms with E-state index >= 15 is 0 Å². The van der Waals surface area contributed by atoms with E-state index in [9.17, 15) is 9.59 Å². The van der Waals surface area contributed by atoms with E-state index in [0.29, 0.717) is 6.54 Å². The lowest BCUT2D eigenvalue weighted by Gasteiger charge is -2.21. The standard InChI is InChI=1S/C22H24IN3O4/c1-3-29-21(27)24-26(22(28)30-4-2)15-17-14-25(13-16-9-6-5-7-10-16)19-12-8-11-18(23)20(17)19/h5-12,14H,3-4,13,15H2,1-2H3,(H,24,27). The van der Waals surface area contributed by atoms with Gasteiger partial charge in [0.1, 0.15) is 0 Å². The van der Waals surface area contributed by atoms with Gasteiger partial charge in [-0.1, -0.05) is 36.4 Å². The van der Waals surface area contributed by atoms with Crippen LogP contribution in [0.2, 0.25) is 0 Å². The summed E-state index contributed by atoms with van der Waals surface area (Å²) in [7, 11) is 0. The topological polar surface area (TPSA) is 72.8 Å². The molecular formula is C22H24IN3O4. The summed E-state index contributed by atoms with van der Waals surface area (Å²) in [5.74, 6) is 0. The van der Waals surface area contributed by atoms with Gasteiger partial charge in [0.25, 0.3) is 0 Å². The van der Waals surface area contributed by atoms with E-state index in [0.717, 1.165) is 25.0 Å². The maximum atomic E-state index is 12.4. The van der Waals surface area contributed by atoms with Crippen molar-refractivity contribution in [2.75, 3.05) is 13.2 Å². The van der Waals surface area contributed by atoms with Gasteiger partial charge in [-0.05, 0) is 54.1 Å². The Kier molecular flexibility index (Phi) is 7.56. The number of rotatable bonds is 6. The fraction of sp³-hybridized carbons (Fsp3) is 0.273. The number of halogens is 1. The molecule has 0 bridgehead atoms. The van der Waals surface area contributed by atoms with Gasteiger partial charge in [0.05, 0.1) is 19.8 Å². The van der Waals surface area contributed by atoms with Crippen LogP contribution in [-0.2, 0) is 22.6 Å². The first-order chi connectivity index (χ1) is 14.5. The number of amides is 2. The Morgan fingerprint density at radius 1 is 1.03 bits per heavy atom. The first-order valence-electron chi connectivity index (χ1n) is 9.71. The molecule has 7 nitrogen and oxygen atoms in total. The van der Waals surface area contributed by atoms with Crippen molar-refractivity contribution < 1.29 is 19.1 Å². The van der Waals surface area contributed by atoms with E-state index in [2.05, 4.69) is 50.8 Å². The van der Waals surface area contributed by atoms with Crippen molar-refractivity contribution in [2.24, 2.45) is 0 Å². The summed E-state index contributed by atoms with van der Waals surface area (Å²) in [5.41, 5.74) is 5.61. The summed E-state index contributed by atoms with van der Waals surface area (Å²) in [4.78, 5) is 24.4. The van der Waals surface area contributed by atoms with Crippen LogP contribution in [-0.4, -0.2) is 35.0 Å². The van der Waals surface area contributed by atoms with Crippen molar-refractivity contribution >= 4 is 45.7 Å². The minimum absolute atomic E-state index is 0.149. The normalized spacial score (nSPS) is 10.6. The average molecular weight is 521 g/mol. The van der Waals surface area contributed by atoms with Gasteiger partial charge in [-0.15, -0.1) is 0 Å². The molecule has 1 aromatic heterocycles. The summed E-state index contributed by atoms with van der Waals surface area (Å²) in [5, 5.41) is 2.18. The number of hydrogen-bond acceptors (Lipinski definition) is 4. The van der Waals surface area contributed by atoms with Crippen LogP contribution in [0, 0.1) is 3.57 Å². The lowest BCUT2D eigenvalue weighted by Crippen LogP contribution is -2.46. The number of carbonyl (C=O) groups is 2. The third-order valence-corrected chi connectivity index (χ3v) is 5.35. The van der Waals surface area contributed by atoms with E-state index in [1.165, 1.54) is 5.56 Å².